The molecule has 0 aliphatic carbocycles. The van der Waals surface area contributed by atoms with Crippen molar-refractivity contribution in [2.24, 2.45) is 0 Å². The van der Waals surface area contributed by atoms with Gasteiger partial charge in [0, 0.05) is 42.2 Å². The van der Waals surface area contributed by atoms with E-state index in [9.17, 15) is 0 Å². The summed E-state index contributed by atoms with van der Waals surface area (Å²) in [5, 5.41) is 4.93. The summed E-state index contributed by atoms with van der Waals surface area (Å²) in [6.45, 7) is 0. The number of thiophene rings is 1. The van der Waals surface area contributed by atoms with Crippen LogP contribution in [0.25, 0.3) is 92.5 Å². The highest BCUT2D eigenvalue weighted by Crippen LogP contribution is 2.41. The number of fused-ring (bicyclic) bond motifs is 8. The van der Waals surface area contributed by atoms with Crippen LogP contribution < -0.4 is 0 Å². The molecule has 10 aromatic rings. The minimum Gasteiger partial charge on any atom is -0.434 e. The van der Waals surface area contributed by atoms with Gasteiger partial charge in [-0.1, -0.05) is 91.0 Å². The molecule has 0 saturated heterocycles. The Morgan fingerprint density at radius 2 is 1.15 bits per heavy atom. The predicted octanol–water partition coefficient (Wildman–Crippen LogP) is 12.3. The van der Waals surface area contributed by atoms with Crippen molar-refractivity contribution >= 4 is 64.4 Å². The molecule has 4 heteroatoms. The van der Waals surface area contributed by atoms with E-state index in [1.165, 1.54) is 47.8 Å². The molecule has 0 atom stereocenters. The number of oxazole rings is 1. The molecule has 47 heavy (non-hydrogen) atoms. The first-order valence-corrected chi connectivity index (χ1v) is 16.6. The van der Waals surface area contributed by atoms with Gasteiger partial charge >= 0.3 is 0 Å². The molecule has 0 aliphatic rings. The van der Waals surface area contributed by atoms with Crippen molar-refractivity contribution in [3.8, 4) is 39.4 Å². The van der Waals surface area contributed by atoms with Crippen molar-refractivity contribution in [1.82, 2.24) is 9.55 Å². The number of aromatic nitrogens is 2. The van der Waals surface area contributed by atoms with Gasteiger partial charge in [-0.15, -0.1) is 11.3 Å². The maximum Gasteiger partial charge on any atom is 0.227 e. The summed E-state index contributed by atoms with van der Waals surface area (Å²) in [7, 11) is 0. The first-order chi connectivity index (χ1) is 23.3. The number of nitrogens with zero attached hydrogens (tertiary/aromatic N) is 2. The Balaban J connectivity index is 1.23. The molecule has 3 aromatic heterocycles. The van der Waals surface area contributed by atoms with Crippen LogP contribution in [0.4, 0.5) is 0 Å². The number of benzene rings is 7. The molecular weight excluding hydrogens is 593 g/mol. The molecule has 0 radical (unpaired) electrons. The molecule has 0 spiro atoms. The lowest BCUT2D eigenvalue weighted by atomic mass is 10.0. The Hall–Kier alpha value is -5.97. The second-order valence-electron chi connectivity index (χ2n) is 12.0. The monoisotopic (exact) mass is 618 g/mol. The molecule has 220 valence electrons. The van der Waals surface area contributed by atoms with E-state index >= 15 is 0 Å². The Labute approximate surface area is 274 Å². The van der Waals surface area contributed by atoms with Gasteiger partial charge < -0.3 is 8.98 Å². The fourth-order valence-corrected chi connectivity index (χ4v) is 8.08. The molecule has 3 heterocycles. The van der Waals surface area contributed by atoms with E-state index in [0.29, 0.717) is 5.89 Å². The standard InChI is InChI=1S/C43H26N2OS/c1-3-10-27(11-4-1)30-18-22-38-35(25-30)34-20-21-37-42(46-43(44-37)28-12-5-2-6-13-28)41(34)45(38)32-15-9-14-29(24-32)31-19-23-40-36(26-31)33-16-7-8-17-39(33)47-40/h1-26H. The zero-order valence-electron chi connectivity index (χ0n) is 25.2. The molecule has 0 N–H and O–H groups in total. The first kappa shape index (κ1) is 26.3. The molecule has 0 aliphatic heterocycles. The molecule has 7 aromatic carbocycles. The lowest BCUT2D eigenvalue weighted by Crippen LogP contribution is -1.95. The molecule has 0 fully saturated rings. The SMILES string of the molecule is c1ccc(-c2ccc3c(c2)c2ccc4nc(-c5ccccc5)oc4c2n3-c2cccc(-c3ccc4sc5ccccc5c4c3)c2)cc1. The van der Waals surface area contributed by atoms with Crippen molar-refractivity contribution in [3.63, 3.8) is 0 Å². The molecule has 0 unspecified atom stereocenters. The quantitative estimate of drug-likeness (QED) is 0.196. The lowest BCUT2D eigenvalue weighted by Gasteiger charge is -2.11. The average Bonchev–Trinajstić information content (AvgIpc) is 3.84. The van der Waals surface area contributed by atoms with Crippen LogP contribution >= 0.6 is 11.3 Å². The van der Waals surface area contributed by atoms with Crippen LogP contribution in [0.5, 0.6) is 0 Å². The van der Waals surface area contributed by atoms with E-state index in [0.717, 1.165) is 38.8 Å². The van der Waals surface area contributed by atoms with Crippen LogP contribution in [-0.2, 0) is 0 Å². The first-order valence-electron chi connectivity index (χ1n) is 15.8. The van der Waals surface area contributed by atoms with Gasteiger partial charge in [-0.25, -0.2) is 4.98 Å². The highest BCUT2D eigenvalue weighted by Gasteiger charge is 2.20. The van der Waals surface area contributed by atoms with E-state index in [2.05, 4.69) is 132 Å². The maximum atomic E-state index is 6.64. The van der Waals surface area contributed by atoms with Crippen molar-refractivity contribution in [1.29, 1.82) is 0 Å². The molecule has 0 amide bonds. The lowest BCUT2D eigenvalue weighted by molar-refractivity contribution is 0.622. The molecule has 10 rings (SSSR count). The molecular formula is C43H26N2OS. The van der Waals surface area contributed by atoms with Crippen LogP contribution in [0, 0.1) is 0 Å². The van der Waals surface area contributed by atoms with Crippen LogP contribution in [0.15, 0.2) is 162 Å². The predicted molar refractivity (Wildman–Crippen MR) is 198 cm³/mol. The van der Waals surface area contributed by atoms with Crippen molar-refractivity contribution in [2.45, 2.75) is 0 Å². The van der Waals surface area contributed by atoms with E-state index in [4.69, 9.17) is 9.40 Å². The van der Waals surface area contributed by atoms with E-state index in [1.807, 2.05) is 41.7 Å². The van der Waals surface area contributed by atoms with Gasteiger partial charge in [-0.05, 0) is 89.0 Å². The summed E-state index contributed by atoms with van der Waals surface area (Å²) in [6, 6.07) is 56.1. The molecule has 0 saturated carbocycles. The van der Waals surface area contributed by atoms with Gasteiger partial charge in [0.05, 0.1) is 11.0 Å². The topological polar surface area (TPSA) is 31.0 Å². The second-order valence-corrected chi connectivity index (χ2v) is 13.1. The third-order valence-corrected chi connectivity index (χ3v) is 10.4. The van der Waals surface area contributed by atoms with Crippen LogP contribution in [0.2, 0.25) is 0 Å². The Bertz CT molecular complexity index is 2750. The van der Waals surface area contributed by atoms with Crippen molar-refractivity contribution in [2.75, 3.05) is 0 Å². The zero-order valence-corrected chi connectivity index (χ0v) is 26.0. The van der Waals surface area contributed by atoms with Crippen LogP contribution in [0.1, 0.15) is 0 Å². The Kier molecular flexibility index (Phi) is 5.74. The summed E-state index contributed by atoms with van der Waals surface area (Å²) in [4.78, 5) is 4.94. The molecule has 0 bridgehead atoms. The fraction of sp³-hybridized carbons (Fsp3) is 0. The van der Waals surface area contributed by atoms with E-state index < -0.39 is 0 Å². The summed E-state index contributed by atoms with van der Waals surface area (Å²) in [5.74, 6) is 0.625. The zero-order chi connectivity index (χ0) is 30.9. The van der Waals surface area contributed by atoms with Crippen LogP contribution in [0.3, 0.4) is 0 Å². The summed E-state index contributed by atoms with van der Waals surface area (Å²) in [6.07, 6.45) is 0. The van der Waals surface area contributed by atoms with Crippen LogP contribution in [-0.4, -0.2) is 9.55 Å². The smallest absolute Gasteiger partial charge is 0.227 e. The normalized spacial score (nSPS) is 11.8. The number of hydrogen-bond acceptors (Lipinski definition) is 3. The van der Waals surface area contributed by atoms with Gasteiger partial charge in [0.15, 0.2) is 5.58 Å². The second kappa shape index (κ2) is 10.3. The third kappa shape index (κ3) is 4.16. The average molecular weight is 619 g/mol. The van der Waals surface area contributed by atoms with Gasteiger partial charge in [-0.3, -0.25) is 0 Å². The maximum absolute atomic E-state index is 6.64. The molecule has 3 nitrogen and oxygen atoms in total. The van der Waals surface area contributed by atoms with Crippen molar-refractivity contribution in [3.05, 3.63) is 158 Å². The van der Waals surface area contributed by atoms with Gasteiger partial charge in [-0.2, -0.15) is 0 Å². The summed E-state index contributed by atoms with van der Waals surface area (Å²) < 4.78 is 11.6. The number of rotatable bonds is 4. The minimum absolute atomic E-state index is 0.625. The van der Waals surface area contributed by atoms with Gasteiger partial charge in [0.2, 0.25) is 5.89 Å². The van der Waals surface area contributed by atoms with E-state index in [-0.39, 0.29) is 0 Å². The highest BCUT2D eigenvalue weighted by atomic mass is 32.1. The van der Waals surface area contributed by atoms with Gasteiger partial charge in [0.1, 0.15) is 5.52 Å². The minimum atomic E-state index is 0.625. The third-order valence-electron chi connectivity index (χ3n) is 9.22. The fourth-order valence-electron chi connectivity index (χ4n) is 7.00. The number of hydrogen-bond donors (Lipinski definition) is 0. The summed E-state index contributed by atoms with van der Waals surface area (Å²) in [5.41, 5.74) is 10.6. The van der Waals surface area contributed by atoms with Gasteiger partial charge in [0.25, 0.3) is 0 Å². The van der Waals surface area contributed by atoms with Crippen molar-refractivity contribution < 1.29 is 4.42 Å². The Morgan fingerprint density at radius 3 is 2.02 bits per heavy atom. The summed E-state index contributed by atoms with van der Waals surface area (Å²) >= 11 is 1.85. The van der Waals surface area contributed by atoms with E-state index in [1.54, 1.807) is 0 Å². The largest absolute Gasteiger partial charge is 0.434 e. The highest BCUT2D eigenvalue weighted by molar-refractivity contribution is 7.25. The Morgan fingerprint density at radius 1 is 0.468 bits per heavy atom.